The summed E-state index contributed by atoms with van der Waals surface area (Å²) in [5.74, 6) is 0.522. The Kier molecular flexibility index (Phi) is 13.1. The van der Waals surface area contributed by atoms with Crippen molar-refractivity contribution in [2.24, 2.45) is 22.2 Å². The van der Waals surface area contributed by atoms with Gasteiger partial charge in [-0.3, -0.25) is 12.2 Å². The fraction of sp³-hybridized carbons (Fsp3) is 0.553. The molecular weight excluding hydrogens is 727 g/mol. The van der Waals surface area contributed by atoms with Crippen molar-refractivity contribution in [3.05, 3.63) is 93.6 Å². The number of allylic oxidation sites excluding steroid dienone is 8. The number of rotatable bonds is 0. The van der Waals surface area contributed by atoms with Gasteiger partial charge in [-0.15, -0.1) is 11.6 Å². The Bertz CT molecular complexity index is 1630. The van der Waals surface area contributed by atoms with Crippen LogP contribution >= 0.6 is 0 Å². The molecule has 1 fully saturated rings. The summed E-state index contributed by atoms with van der Waals surface area (Å²) in [6, 6.07) is 10.0. The summed E-state index contributed by atoms with van der Waals surface area (Å²) in [5.41, 5.74) is 16.6. The molecule has 50 heavy (non-hydrogen) atoms. The maximum absolute atomic E-state index is 3.85. The number of benzene rings is 2. The summed E-state index contributed by atoms with van der Waals surface area (Å²) < 4.78 is 1.80. The summed E-state index contributed by atoms with van der Waals surface area (Å²) >= 11 is 1.69. The standard InChI is InChI=1S/C31H37.C10H15.C6H10.2ClH.Zr/c1-28(2,3)26-16-30(7,8)24-12-18-11-19-13-25-23(15-21(19)20(18)14-22(24)26)27(29(4,5)6)17-31(25,9)10;1-8-5-6-9(7-8)10(2,3)4;1-2-4-6-5-3-1;;;/h12-16H,11H2,1-10H3;6-8H,1-4H3;1-5H2;2*1H;/q2*-1;;;;+2/p-2. The van der Waals surface area contributed by atoms with Crippen molar-refractivity contribution in [2.45, 2.75) is 146 Å². The third-order valence-corrected chi connectivity index (χ3v) is 12.1. The predicted octanol–water partition coefficient (Wildman–Crippen LogP) is 7.15. The van der Waals surface area contributed by atoms with Crippen molar-refractivity contribution in [3.8, 4) is 11.1 Å². The van der Waals surface area contributed by atoms with Crippen LogP contribution in [-0.4, -0.2) is 3.21 Å². The Hall–Kier alpha value is -1.27. The molecule has 7 rings (SSSR count). The van der Waals surface area contributed by atoms with Gasteiger partial charge in [-0.05, 0) is 62.3 Å². The number of hydrogen-bond acceptors (Lipinski definition) is 0. The Balaban J connectivity index is 0.000000293. The van der Waals surface area contributed by atoms with E-state index in [1.54, 1.807) is 27.4 Å². The summed E-state index contributed by atoms with van der Waals surface area (Å²) in [6.45, 7) is 32.2. The molecule has 0 saturated heterocycles. The quantitative estimate of drug-likeness (QED) is 0.213. The topological polar surface area (TPSA) is 0 Å². The molecule has 0 heterocycles. The minimum absolute atomic E-state index is 0. The van der Waals surface area contributed by atoms with Crippen LogP contribution in [0.1, 0.15) is 162 Å². The minimum atomic E-state index is -0.0202. The molecule has 3 heteroatoms. The SMILES string of the molecule is CC(C)(C)C1=[C-]C(C)(C)c2cc3c(cc21)-c1cc2c(cc1C3)C(C)(C)C=C2C(C)(C)C.CC1[C-]=CC(C(C)(C)C)=C1.[Cl-].[Cl-].[Zr+2]=[C]1CCCCC1. The van der Waals surface area contributed by atoms with E-state index in [1.165, 1.54) is 93.3 Å². The van der Waals surface area contributed by atoms with Crippen molar-refractivity contribution >= 4 is 14.4 Å². The summed E-state index contributed by atoms with van der Waals surface area (Å²) in [5, 5.41) is 0. The van der Waals surface area contributed by atoms with Gasteiger partial charge in [0.1, 0.15) is 0 Å². The number of hydrogen-bond donors (Lipinski definition) is 0. The fourth-order valence-corrected chi connectivity index (χ4v) is 8.84. The Morgan fingerprint density at radius 1 is 0.680 bits per heavy atom. The number of halogens is 2. The average molecular weight is 789 g/mol. The van der Waals surface area contributed by atoms with Gasteiger partial charge in [-0.25, -0.2) is 11.6 Å². The van der Waals surface area contributed by atoms with Crippen molar-refractivity contribution in [3.63, 3.8) is 0 Å². The Morgan fingerprint density at radius 3 is 1.64 bits per heavy atom. The molecule has 0 amide bonds. The van der Waals surface area contributed by atoms with Crippen LogP contribution in [0, 0.1) is 34.3 Å². The van der Waals surface area contributed by atoms with Crippen LogP contribution < -0.4 is 24.8 Å². The second-order valence-corrected chi connectivity index (χ2v) is 21.1. The molecule has 0 bridgehead atoms. The Labute approximate surface area is 334 Å². The van der Waals surface area contributed by atoms with Crippen LogP contribution in [0.4, 0.5) is 0 Å². The molecule has 5 aliphatic carbocycles. The zero-order valence-corrected chi connectivity index (χ0v) is 37.6. The molecule has 2 aromatic carbocycles. The van der Waals surface area contributed by atoms with Gasteiger partial charge in [-0.2, -0.15) is 17.2 Å². The number of fused-ring (bicyclic) bond motifs is 5. The predicted molar refractivity (Wildman–Crippen MR) is 207 cm³/mol. The first-order chi connectivity index (χ1) is 22.0. The molecule has 0 radical (unpaired) electrons. The van der Waals surface area contributed by atoms with E-state index in [4.69, 9.17) is 0 Å². The van der Waals surface area contributed by atoms with Crippen LogP contribution in [0.15, 0.2) is 48.1 Å². The van der Waals surface area contributed by atoms with Gasteiger partial charge in [-0.1, -0.05) is 132 Å². The molecule has 1 saturated carbocycles. The van der Waals surface area contributed by atoms with Crippen LogP contribution in [0.2, 0.25) is 0 Å². The first-order valence-electron chi connectivity index (χ1n) is 18.6. The third-order valence-electron chi connectivity index (χ3n) is 10.8. The van der Waals surface area contributed by atoms with Gasteiger partial charge in [0.25, 0.3) is 0 Å². The molecule has 0 nitrogen and oxygen atoms in total. The van der Waals surface area contributed by atoms with Gasteiger partial charge >= 0.3 is 59.5 Å². The first kappa shape index (κ1) is 43.1. The van der Waals surface area contributed by atoms with E-state index in [9.17, 15) is 0 Å². The van der Waals surface area contributed by atoms with Gasteiger partial charge in [0, 0.05) is 5.41 Å². The van der Waals surface area contributed by atoms with E-state index in [0.29, 0.717) is 11.3 Å². The first-order valence-corrected chi connectivity index (χ1v) is 19.8. The normalized spacial score (nSPS) is 20.7. The van der Waals surface area contributed by atoms with Gasteiger partial charge in [0.15, 0.2) is 0 Å². The third kappa shape index (κ3) is 9.08. The second-order valence-electron chi connectivity index (χ2n) is 19.3. The zero-order valence-electron chi connectivity index (χ0n) is 33.6. The molecule has 5 aliphatic rings. The molecule has 270 valence electrons. The van der Waals surface area contributed by atoms with Crippen molar-refractivity contribution in [1.29, 1.82) is 0 Å². The molecule has 0 N–H and O–H groups in total. The molecule has 0 aromatic heterocycles. The zero-order chi connectivity index (χ0) is 35.6. The Morgan fingerprint density at radius 2 is 1.22 bits per heavy atom. The molecule has 0 aliphatic heterocycles. The fourth-order valence-electron chi connectivity index (χ4n) is 7.98. The van der Waals surface area contributed by atoms with E-state index in [-0.39, 0.29) is 46.5 Å². The van der Waals surface area contributed by atoms with Crippen molar-refractivity contribution < 1.29 is 49.0 Å². The molecule has 1 unspecified atom stereocenters. The van der Waals surface area contributed by atoms with Crippen molar-refractivity contribution in [2.75, 3.05) is 0 Å². The van der Waals surface area contributed by atoms with Crippen LogP contribution in [0.25, 0.3) is 22.3 Å². The van der Waals surface area contributed by atoms with Crippen LogP contribution in [-0.2, 0) is 41.5 Å². The van der Waals surface area contributed by atoms with E-state index in [1.807, 2.05) is 0 Å². The molecule has 0 spiro atoms. The monoisotopic (exact) mass is 786 g/mol. The summed E-state index contributed by atoms with van der Waals surface area (Å²) in [6.07, 6.45) is 22.4. The van der Waals surface area contributed by atoms with Crippen LogP contribution in [0.5, 0.6) is 0 Å². The average Bonchev–Trinajstić information content (AvgIpc) is 3.69. The van der Waals surface area contributed by atoms with Gasteiger partial charge in [0.2, 0.25) is 0 Å². The van der Waals surface area contributed by atoms with E-state index >= 15 is 0 Å². The summed E-state index contributed by atoms with van der Waals surface area (Å²) in [7, 11) is 0. The molecule has 1 atom stereocenters. The summed E-state index contributed by atoms with van der Waals surface area (Å²) in [4.78, 5) is 0. The van der Waals surface area contributed by atoms with Gasteiger partial charge in [0.05, 0.1) is 0 Å². The molecule has 2 aromatic rings. The van der Waals surface area contributed by atoms with E-state index in [0.717, 1.165) is 6.42 Å². The van der Waals surface area contributed by atoms with Crippen LogP contribution in [0.3, 0.4) is 0 Å². The van der Waals surface area contributed by atoms with Gasteiger partial charge < -0.3 is 24.8 Å². The molecular formula is C47H62Cl2Zr-2. The van der Waals surface area contributed by atoms with E-state index in [2.05, 4.69) is 152 Å². The maximum atomic E-state index is 3.85. The second kappa shape index (κ2) is 15.2. The van der Waals surface area contributed by atoms with E-state index < -0.39 is 0 Å². The van der Waals surface area contributed by atoms with Crippen molar-refractivity contribution in [1.82, 2.24) is 0 Å².